The molecule has 0 spiro atoms. The number of esters is 2. The Morgan fingerprint density at radius 2 is 1.67 bits per heavy atom. The number of carbonyl (C=O) groups excluding carboxylic acids is 5. The third-order valence-electron chi connectivity index (χ3n) is 7.50. The number of hydroxylamine groups is 2. The number of carbonyl (C=O) groups is 5. The van der Waals surface area contributed by atoms with E-state index >= 15 is 0 Å². The van der Waals surface area contributed by atoms with Gasteiger partial charge in [-0.3, -0.25) is 14.4 Å². The lowest BCUT2D eigenvalue weighted by molar-refractivity contribution is -0.170. The van der Waals surface area contributed by atoms with Crippen molar-refractivity contribution in [1.82, 2.24) is 25.1 Å². The Kier molecular flexibility index (Phi) is 11.4. The summed E-state index contributed by atoms with van der Waals surface area (Å²) in [5, 5.41) is 8.57. The molecule has 0 radical (unpaired) electrons. The minimum Gasteiger partial charge on any atom is -0.469 e. The van der Waals surface area contributed by atoms with Crippen LogP contribution in [0.4, 0.5) is 4.79 Å². The number of aromatic nitrogens is 2. The van der Waals surface area contributed by atoms with Gasteiger partial charge in [-0.2, -0.15) is 5.10 Å². The van der Waals surface area contributed by atoms with Gasteiger partial charge in [-0.25, -0.2) is 14.3 Å². The molecule has 1 saturated carbocycles. The molecule has 15 nitrogen and oxygen atoms in total. The second kappa shape index (κ2) is 15.4. The summed E-state index contributed by atoms with van der Waals surface area (Å²) in [6.07, 6.45) is 0.716. The van der Waals surface area contributed by atoms with Crippen molar-refractivity contribution < 1.29 is 47.8 Å². The Hall–Kier alpha value is -4.66. The summed E-state index contributed by atoms with van der Waals surface area (Å²) in [5.41, 5.74) is -0.657. The van der Waals surface area contributed by atoms with E-state index in [0.717, 1.165) is 6.42 Å². The highest BCUT2D eigenvalue weighted by molar-refractivity contribution is 5.96. The topological polar surface area (TPSA) is 168 Å². The lowest BCUT2D eigenvalue weighted by Gasteiger charge is -2.38. The average molecular weight is 630 g/mol. The summed E-state index contributed by atoms with van der Waals surface area (Å²) >= 11 is 0. The number of nitrogens with one attached hydrogen (secondary N) is 1. The number of hydrogen-bond acceptors (Lipinski definition) is 12. The van der Waals surface area contributed by atoms with E-state index in [-0.39, 0.29) is 63.8 Å². The number of benzene rings is 1. The van der Waals surface area contributed by atoms with Gasteiger partial charge in [0.25, 0.3) is 5.91 Å². The van der Waals surface area contributed by atoms with E-state index in [1.165, 1.54) is 27.8 Å². The molecule has 1 aromatic carbocycles. The Balaban J connectivity index is 1.53. The molecule has 1 aliphatic heterocycles. The molecule has 1 saturated heterocycles. The van der Waals surface area contributed by atoms with Crippen molar-refractivity contribution in [3.63, 3.8) is 0 Å². The molecule has 2 fully saturated rings. The van der Waals surface area contributed by atoms with Crippen LogP contribution in [-0.2, 0) is 33.4 Å². The van der Waals surface area contributed by atoms with Crippen molar-refractivity contribution in [2.24, 2.45) is 0 Å². The quantitative estimate of drug-likeness (QED) is 0.253. The van der Waals surface area contributed by atoms with Crippen LogP contribution < -0.4 is 10.1 Å². The van der Waals surface area contributed by atoms with Crippen LogP contribution in [0.3, 0.4) is 0 Å². The Morgan fingerprint density at radius 3 is 2.27 bits per heavy atom. The van der Waals surface area contributed by atoms with E-state index in [1.807, 2.05) is 6.07 Å². The highest BCUT2D eigenvalue weighted by atomic mass is 16.8. The number of piperazine rings is 1. The average Bonchev–Trinajstić information content (AvgIpc) is 3.45. The first-order valence-electron chi connectivity index (χ1n) is 15.0. The molecule has 1 atom stereocenters. The van der Waals surface area contributed by atoms with Crippen LogP contribution in [0.15, 0.2) is 36.4 Å². The molecular weight excluding hydrogens is 590 g/mol. The standard InChI is InChI=1S/C30H39N5O10/c1-4-42-28(39)30(14-9-15-30)44-24-20-23(32-35(24)21-10-7-6-8-11-21)26(37)31-22(12-13-25(36)41-3)27(38)33-16-18-34(19-17-33)45-29(40)43-5-2/h6-8,10-11,20,22H,4-5,9,12-19H2,1-3H3,(H,31,37)/t22-/m0/s1. The molecule has 2 heterocycles. The number of methoxy groups -OCH3 is 1. The smallest absolute Gasteiger partial charge is 0.469 e. The summed E-state index contributed by atoms with van der Waals surface area (Å²) in [4.78, 5) is 70.2. The highest BCUT2D eigenvalue weighted by Gasteiger charge is 2.49. The Bertz CT molecular complexity index is 1350. The maximum atomic E-state index is 13.6. The Labute approximate surface area is 260 Å². The van der Waals surface area contributed by atoms with Gasteiger partial charge in [0.05, 0.1) is 39.1 Å². The van der Waals surface area contributed by atoms with E-state index in [4.69, 9.17) is 23.8 Å². The predicted molar refractivity (Wildman–Crippen MR) is 156 cm³/mol. The zero-order valence-electron chi connectivity index (χ0n) is 25.7. The second-order valence-electron chi connectivity index (χ2n) is 10.5. The van der Waals surface area contributed by atoms with E-state index in [0.29, 0.717) is 18.5 Å². The molecule has 2 amide bonds. The summed E-state index contributed by atoms with van der Waals surface area (Å²) < 4.78 is 22.4. The fourth-order valence-electron chi connectivity index (χ4n) is 4.93. The van der Waals surface area contributed by atoms with Crippen molar-refractivity contribution in [2.45, 2.75) is 57.6 Å². The van der Waals surface area contributed by atoms with Gasteiger partial charge in [0.2, 0.25) is 17.4 Å². The number of amides is 2. The number of para-hydroxylation sites is 1. The molecule has 2 aromatic rings. The highest BCUT2D eigenvalue weighted by Crippen LogP contribution is 2.38. The minimum atomic E-state index is -1.19. The molecule has 0 unspecified atom stereocenters. The predicted octanol–water partition coefficient (Wildman–Crippen LogP) is 2.02. The molecule has 1 aromatic heterocycles. The van der Waals surface area contributed by atoms with Crippen LogP contribution in [-0.4, -0.2) is 108 Å². The molecule has 15 heteroatoms. The molecule has 1 N–H and O–H groups in total. The molecule has 45 heavy (non-hydrogen) atoms. The number of hydrogen-bond donors (Lipinski definition) is 1. The molecule has 244 valence electrons. The third-order valence-corrected chi connectivity index (χ3v) is 7.50. The van der Waals surface area contributed by atoms with Crippen LogP contribution >= 0.6 is 0 Å². The van der Waals surface area contributed by atoms with Crippen LogP contribution in [0.1, 0.15) is 56.4 Å². The van der Waals surface area contributed by atoms with Crippen LogP contribution in [0, 0.1) is 0 Å². The van der Waals surface area contributed by atoms with Crippen molar-refractivity contribution in [3.05, 3.63) is 42.1 Å². The van der Waals surface area contributed by atoms with Gasteiger partial charge in [-0.15, -0.1) is 5.06 Å². The fraction of sp³-hybridized carbons (Fsp3) is 0.533. The summed E-state index contributed by atoms with van der Waals surface area (Å²) in [5.74, 6) is -1.96. The fourth-order valence-corrected chi connectivity index (χ4v) is 4.93. The lowest BCUT2D eigenvalue weighted by Crippen LogP contribution is -2.55. The van der Waals surface area contributed by atoms with Gasteiger partial charge in [-0.05, 0) is 51.7 Å². The SMILES string of the molecule is CCOC(=O)ON1CCN(C(=O)[C@H](CCC(=O)OC)NC(=O)c2cc(OC3(C(=O)OCC)CCC3)n(-c3ccccc3)n2)CC1. The monoisotopic (exact) mass is 629 g/mol. The maximum Gasteiger partial charge on any atom is 0.527 e. The Morgan fingerprint density at radius 1 is 0.978 bits per heavy atom. The van der Waals surface area contributed by atoms with Gasteiger partial charge >= 0.3 is 18.1 Å². The number of rotatable bonds is 13. The van der Waals surface area contributed by atoms with Crippen molar-refractivity contribution in [2.75, 3.05) is 46.5 Å². The molecule has 0 bridgehead atoms. The molecule has 1 aliphatic carbocycles. The first kappa shape index (κ1) is 33.2. The van der Waals surface area contributed by atoms with Gasteiger partial charge in [0, 0.05) is 25.6 Å². The summed E-state index contributed by atoms with van der Waals surface area (Å²) in [7, 11) is 1.24. The van der Waals surface area contributed by atoms with E-state index in [9.17, 15) is 24.0 Å². The normalized spacial score (nSPS) is 16.5. The van der Waals surface area contributed by atoms with Crippen molar-refractivity contribution in [1.29, 1.82) is 0 Å². The van der Waals surface area contributed by atoms with Crippen molar-refractivity contribution in [3.8, 4) is 11.6 Å². The maximum absolute atomic E-state index is 13.6. The lowest BCUT2D eigenvalue weighted by atomic mass is 9.80. The van der Waals surface area contributed by atoms with E-state index in [1.54, 1.807) is 38.1 Å². The molecular formula is C30H39N5O10. The largest absolute Gasteiger partial charge is 0.527 e. The van der Waals surface area contributed by atoms with E-state index in [2.05, 4.69) is 10.4 Å². The first-order chi connectivity index (χ1) is 21.7. The number of ether oxygens (including phenoxy) is 4. The second-order valence-corrected chi connectivity index (χ2v) is 10.5. The van der Waals surface area contributed by atoms with Gasteiger partial charge < -0.3 is 34.0 Å². The number of nitrogens with zero attached hydrogens (tertiary/aromatic N) is 4. The summed E-state index contributed by atoms with van der Waals surface area (Å²) in [6.45, 7) is 4.62. The zero-order chi connectivity index (χ0) is 32.4. The van der Waals surface area contributed by atoms with Crippen molar-refractivity contribution >= 4 is 29.9 Å². The van der Waals surface area contributed by atoms with Crippen LogP contribution in [0.25, 0.3) is 5.69 Å². The first-order valence-corrected chi connectivity index (χ1v) is 15.0. The van der Waals surface area contributed by atoms with Crippen LogP contribution in [0.2, 0.25) is 0 Å². The molecule has 2 aliphatic rings. The van der Waals surface area contributed by atoms with Gasteiger partial charge in [0.1, 0.15) is 6.04 Å². The van der Waals surface area contributed by atoms with Crippen LogP contribution in [0.5, 0.6) is 5.88 Å². The van der Waals surface area contributed by atoms with Gasteiger partial charge in [0.15, 0.2) is 5.69 Å². The van der Waals surface area contributed by atoms with E-state index < -0.39 is 41.6 Å². The third kappa shape index (κ3) is 8.29. The van der Waals surface area contributed by atoms with Gasteiger partial charge in [-0.1, -0.05) is 18.2 Å². The molecule has 4 rings (SSSR count). The summed E-state index contributed by atoms with van der Waals surface area (Å²) in [6, 6.07) is 9.29. The minimum absolute atomic E-state index is 0.0223. The zero-order valence-corrected chi connectivity index (χ0v) is 25.7.